The summed E-state index contributed by atoms with van der Waals surface area (Å²) in [4.78, 5) is 24.9. The second kappa shape index (κ2) is 7.10. The van der Waals surface area contributed by atoms with Gasteiger partial charge in [-0.25, -0.2) is 0 Å². The Labute approximate surface area is 170 Å². The standard InChI is InChI=1S/C23H28O6/c1-21(2,3)15-11-13(7-9-17(15)24)23(19(26)27,20(28)29)14-8-10-18(25)16(12-14)22(4,5)6/h7-12,24-25H,1-6H3,(H,26,27)(H,28,29). The van der Waals surface area contributed by atoms with Gasteiger partial charge in [-0.2, -0.15) is 0 Å². The number of carboxylic acids is 2. The monoisotopic (exact) mass is 400 g/mol. The first-order chi connectivity index (χ1) is 13.1. The van der Waals surface area contributed by atoms with Crippen molar-refractivity contribution >= 4 is 11.9 Å². The SMILES string of the molecule is CC(C)(C)c1cc(C(C(=O)O)(C(=O)O)c2ccc(O)c(C(C)(C)C)c2)ccc1O. The maximum absolute atomic E-state index is 12.4. The topological polar surface area (TPSA) is 115 Å². The smallest absolute Gasteiger partial charge is 0.330 e. The summed E-state index contributed by atoms with van der Waals surface area (Å²) >= 11 is 0. The highest BCUT2D eigenvalue weighted by Crippen LogP contribution is 2.41. The second-order valence-corrected chi connectivity index (χ2v) is 9.32. The minimum absolute atomic E-state index is 0.0192. The first-order valence-corrected chi connectivity index (χ1v) is 9.28. The maximum atomic E-state index is 12.4. The Bertz CT molecular complexity index is 881. The van der Waals surface area contributed by atoms with Crippen LogP contribution in [0.3, 0.4) is 0 Å². The van der Waals surface area contributed by atoms with Crippen LogP contribution in [0.25, 0.3) is 0 Å². The molecule has 0 aliphatic carbocycles. The molecule has 0 heterocycles. The fourth-order valence-corrected chi connectivity index (χ4v) is 3.49. The van der Waals surface area contributed by atoms with Crippen molar-refractivity contribution in [3.8, 4) is 11.5 Å². The molecule has 6 heteroatoms. The molecule has 0 aromatic heterocycles. The highest BCUT2D eigenvalue weighted by Gasteiger charge is 2.51. The van der Waals surface area contributed by atoms with Crippen LogP contribution in [0.4, 0.5) is 0 Å². The number of benzene rings is 2. The molecule has 0 aliphatic heterocycles. The van der Waals surface area contributed by atoms with E-state index in [1.807, 2.05) is 41.5 Å². The number of phenolic OH excluding ortho intramolecular Hbond substituents is 2. The van der Waals surface area contributed by atoms with E-state index in [2.05, 4.69) is 0 Å². The van der Waals surface area contributed by atoms with Gasteiger partial charge in [-0.1, -0.05) is 53.7 Å². The highest BCUT2D eigenvalue weighted by molar-refractivity contribution is 6.08. The fraction of sp³-hybridized carbons (Fsp3) is 0.391. The van der Waals surface area contributed by atoms with E-state index in [-0.39, 0.29) is 22.6 Å². The molecule has 0 saturated carbocycles. The number of rotatable bonds is 4. The van der Waals surface area contributed by atoms with Gasteiger partial charge in [0, 0.05) is 0 Å². The lowest BCUT2D eigenvalue weighted by molar-refractivity contribution is -0.155. The second-order valence-electron chi connectivity index (χ2n) is 9.32. The molecule has 0 radical (unpaired) electrons. The lowest BCUT2D eigenvalue weighted by atomic mass is 9.71. The van der Waals surface area contributed by atoms with Crippen LogP contribution < -0.4 is 0 Å². The minimum Gasteiger partial charge on any atom is -0.508 e. The van der Waals surface area contributed by atoms with E-state index in [4.69, 9.17) is 0 Å². The number of aromatic hydroxyl groups is 2. The summed E-state index contributed by atoms with van der Waals surface area (Å²) in [5.74, 6) is -3.18. The molecule has 0 bridgehead atoms. The summed E-state index contributed by atoms with van der Waals surface area (Å²) in [5.41, 5.74) is -2.55. The third-order valence-corrected chi connectivity index (χ3v) is 5.12. The molecule has 0 spiro atoms. The normalized spacial score (nSPS) is 12.6. The van der Waals surface area contributed by atoms with Crippen molar-refractivity contribution in [1.29, 1.82) is 0 Å². The van der Waals surface area contributed by atoms with E-state index in [9.17, 15) is 30.0 Å². The largest absolute Gasteiger partial charge is 0.508 e. The zero-order valence-corrected chi connectivity index (χ0v) is 17.6. The van der Waals surface area contributed by atoms with Crippen molar-refractivity contribution in [1.82, 2.24) is 0 Å². The molecule has 29 heavy (non-hydrogen) atoms. The molecule has 0 unspecified atom stereocenters. The summed E-state index contributed by atoms with van der Waals surface area (Å²) in [7, 11) is 0. The minimum atomic E-state index is -2.40. The van der Waals surface area contributed by atoms with Crippen molar-refractivity contribution < 1.29 is 30.0 Å². The van der Waals surface area contributed by atoms with E-state index in [1.165, 1.54) is 36.4 Å². The zero-order chi connectivity index (χ0) is 22.4. The zero-order valence-electron chi connectivity index (χ0n) is 17.6. The van der Waals surface area contributed by atoms with Gasteiger partial charge in [-0.3, -0.25) is 9.59 Å². The Kier molecular flexibility index (Phi) is 5.45. The van der Waals surface area contributed by atoms with Gasteiger partial charge in [0.2, 0.25) is 5.41 Å². The summed E-state index contributed by atoms with van der Waals surface area (Å²) < 4.78 is 0. The molecular weight excluding hydrogens is 372 g/mol. The Morgan fingerprint density at radius 3 is 1.21 bits per heavy atom. The number of hydrogen-bond donors (Lipinski definition) is 4. The number of carbonyl (C=O) groups is 2. The summed E-state index contributed by atoms with van der Waals surface area (Å²) in [6.07, 6.45) is 0. The average Bonchev–Trinajstić information content (AvgIpc) is 2.55. The van der Waals surface area contributed by atoms with Gasteiger partial charge < -0.3 is 20.4 Å². The lowest BCUT2D eigenvalue weighted by Gasteiger charge is -2.30. The van der Waals surface area contributed by atoms with Crippen molar-refractivity contribution in [2.45, 2.75) is 57.8 Å². The van der Waals surface area contributed by atoms with E-state index < -0.39 is 28.2 Å². The van der Waals surface area contributed by atoms with Gasteiger partial charge in [0.15, 0.2) is 0 Å². The van der Waals surface area contributed by atoms with Crippen molar-refractivity contribution in [2.75, 3.05) is 0 Å². The Hall–Kier alpha value is -3.02. The first-order valence-electron chi connectivity index (χ1n) is 9.28. The van der Waals surface area contributed by atoms with Gasteiger partial charge >= 0.3 is 11.9 Å². The third kappa shape index (κ3) is 3.79. The molecular formula is C23H28O6. The van der Waals surface area contributed by atoms with E-state index >= 15 is 0 Å². The summed E-state index contributed by atoms with van der Waals surface area (Å²) in [5, 5.41) is 40.7. The van der Waals surface area contributed by atoms with Gasteiger partial charge in [0.25, 0.3) is 0 Å². The average molecular weight is 400 g/mol. The van der Waals surface area contributed by atoms with Crippen LogP contribution in [0.5, 0.6) is 11.5 Å². The lowest BCUT2D eigenvalue weighted by Crippen LogP contribution is -2.45. The number of phenols is 2. The molecule has 6 nitrogen and oxygen atoms in total. The molecule has 0 amide bonds. The van der Waals surface area contributed by atoms with Gasteiger partial charge in [-0.15, -0.1) is 0 Å². The predicted molar refractivity (Wildman–Crippen MR) is 110 cm³/mol. The molecule has 0 fully saturated rings. The van der Waals surface area contributed by atoms with Crippen LogP contribution >= 0.6 is 0 Å². The van der Waals surface area contributed by atoms with Gasteiger partial charge in [0.05, 0.1) is 0 Å². The van der Waals surface area contributed by atoms with Crippen LogP contribution in [-0.2, 0) is 25.8 Å². The summed E-state index contributed by atoms with van der Waals surface area (Å²) in [6.45, 7) is 11.0. The number of carboxylic acid groups (broad SMARTS) is 2. The van der Waals surface area contributed by atoms with Gasteiger partial charge in [0.1, 0.15) is 11.5 Å². The van der Waals surface area contributed by atoms with Crippen molar-refractivity contribution in [3.05, 3.63) is 58.7 Å². The first kappa shape index (κ1) is 22.3. The van der Waals surface area contributed by atoms with Crippen LogP contribution in [0.15, 0.2) is 36.4 Å². The highest BCUT2D eigenvalue weighted by atomic mass is 16.4. The Morgan fingerprint density at radius 1 is 0.655 bits per heavy atom. The van der Waals surface area contributed by atoms with E-state index in [1.54, 1.807) is 0 Å². The number of aliphatic carboxylic acids is 2. The van der Waals surface area contributed by atoms with Crippen LogP contribution in [-0.4, -0.2) is 32.4 Å². The molecule has 2 aromatic carbocycles. The van der Waals surface area contributed by atoms with Crippen LogP contribution in [0.2, 0.25) is 0 Å². The quantitative estimate of drug-likeness (QED) is 0.573. The molecule has 2 rings (SSSR count). The fourth-order valence-electron chi connectivity index (χ4n) is 3.49. The molecule has 156 valence electrons. The Balaban J connectivity index is 2.93. The predicted octanol–water partition coefficient (Wildman–Crippen LogP) is 4.15. The third-order valence-electron chi connectivity index (χ3n) is 5.12. The molecule has 0 saturated heterocycles. The van der Waals surface area contributed by atoms with Crippen molar-refractivity contribution in [2.24, 2.45) is 0 Å². The Morgan fingerprint density at radius 2 is 0.966 bits per heavy atom. The van der Waals surface area contributed by atoms with Crippen LogP contribution in [0.1, 0.15) is 63.8 Å². The van der Waals surface area contributed by atoms with Crippen LogP contribution in [0, 0.1) is 0 Å². The maximum Gasteiger partial charge on any atom is 0.330 e. The molecule has 0 atom stereocenters. The van der Waals surface area contributed by atoms with E-state index in [0.29, 0.717) is 11.1 Å². The molecule has 0 aliphatic rings. The number of hydrogen-bond acceptors (Lipinski definition) is 4. The summed E-state index contributed by atoms with van der Waals surface area (Å²) in [6, 6.07) is 8.14. The van der Waals surface area contributed by atoms with Crippen molar-refractivity contribution in [3.63, 3.8) is 0 Å². The molecule has 2 aromatic rings. The van der Waals surface area contributed by atoms with E-state index in [0.717, 1.165) is 0 Å². The molecule has 4 N–H and O–H groups in total. The van der Waals surface area contributed by atoms with Gasteiger partial charge in [-0.05, 0) is 57.3 Å².